The van der Waals surface area contributed by atoms with Crippen molar-refractivity contribution in [2.75, 3.05) is 11.3 Å². The van der Waals surface area contributed by atoms with Gasteiger partial charge in [-0.2, -0.15) is 5.10 Å². The van der Waals surface area contributed by atoms with Crippen LogP contribution in [0.3, 0.4) is 0 Å². The Labute approximate surface area is 128 Å². The summed E-state index contributed by atoms with van der Waals surface area (Å²) in [6.45, 7) is 0.222. The molecule has 0 aliphatic rings. The van der Waals surface area contributed by atoms with Gasteiger partial charge in [-0.25, -0.2) is 8.42 Å². The van der Waals surface area contributed by atoms with E-state index in [9.17, 15) is 8.42 Å². The molecule has 1 heterocycles. The van der Waals surface area contributed by atoms with E-state index in [2.05, 4.69) is 21.7 Å². The summed E-state index contributed by atoms with van der Waals surface area (Å²) in [7, 11) is -2.16. The van der Waals surface area contributed by atoms with Gasteiger partial charge in [0.1, 0.15) is 10.7 Å². The van der Waals surface area contributed by atoms with Crippen LogP contribution in [0.2, 0.25) is 5.02 Å². The molecule has 21 heavy (non-hydrogen) atoms. The summed E-state index contributed by atoms with van der Waals surface area (Å²) in [6.07, 6.45) is 1.49. The molecular weight excluding hydrogens is 312 g/mol. The van der Waals surface area contributed by atoms with Crippen LogP contribution in [0, 0.1) is 11.8 Å². The van der Waals surface area contributed by atoms with Crippen LogP contribution in [0.25, 0.3) is 0 Å². The molecule has 0 bridgehead atoms. The predicted molar refractivity (Wildman–Crippen MR) is 81.4 cm³/mol. The summed E-state index contributed by atoms with van der Waals surface area (Å²) < 4.78 is 28.4. The topological polar surface area (TPSA) is 90.0 Å². The Kier molecular flexibility index (Phi) is 4.53. The number of nitrogens with zero attached hydrogens (tertiary/aromatic N) is 2. The van der Waals surface area contributed by atoms with Gasteiger partial charge in [0.15, 0.2) is 0 Å². The third-order valence-corrected chi connectivity index (χ3v) is 4.45. The molecule has 6 nitrogen and oxygen atoms in total. The van der Waals surface area contributed by atoms with Gasteiger partial charge >= 0.3 is 0 Å². The number of aryl methyl sites for hydroxylation is 1. The lowest BCUT2D eigenvalue weighted by Crippen LogP contribution is -2.15. The van der Waals surface area contributed by atoms with Crippen molar-refractivity contribution in [3.63, 3.8) is 0 Å². The lowest BCUT2D eigenvalue weighted by atomic mass is 10.2. The molecule has 0 aliphatic carbocycles. The molecular formula is C13H13ClN4O2S. The number of halogens is 1. The molecule has 0 aliphatic heterocycles. The Morgan fingerprint density at radius 2 is 2.19 bits per heavy atom. The van der Waals surface area contributed by atoms with Crippen LogP contribution in [-0.2, 0) is 17.1 Å². The molecule has 0 amide bonds. The second-order valence-electron chi connectivity index (χ2n) is 4.10. The van der Waals surface area contributed by atoms with E-state index in [1.165, 1.54) is 23.0 Å². The summed E-state index contributed by atoms with van der Waals surface area (Å²) in [6, 6.07) is 6.02. The first-order valence-electron chi connectivity index (χ1n) is 5.93. The minimum atomic E-state index is -3.79. The second kappa shape index (κ2) is 6.18. The standard InChI is InChI=1S/C13H13ClN4O2S/c1-18-13(6-8-16-18)17-21(19,20)12-5-4-10(3-2-7-15)9-11(12)14/h4-6,8-9,17H,7,15H2,1H3. The highest BCUT2D eigenvalue weighted by Crippen LogP contribution is 2.24. The molecule has 8 heteroatoms. The van der Waals surface area contributed by atoms with Crippen molar-refractivity contribution < 1.29 is 8.42 Å². The zero-order chi connectivity index (χ0) is 15.5. The quantitative estimate of drug-likeness (QED) is 0.830. The number of sulfonamides is 1. The smallest absolute Gasteiger partial charge is 0.264 e. The maximum absolute atomic E-state index is 12.3. The van der Waals surface area contributed by atoms with Gasteiger partial charge in [0, 0.05) is 18.7 Å². The fraction of sp³-hybridized carbons (Fsp3) is 0.154. The highest BCUT2D eigenvalue weighted by atomic mass is 35.5. The van der Waals surface area contributed by atoms with Gasteiger partial charge in [-0.3, -0.25) is 9.40 Å². The van der Waals surface area contributed by atoms with E-state index in [-0.39, 0.29) is 16.5 Å². The summed E-state index contributed by atoms with van der Waals surface area (Å²) in [4.78, 5) is -0.0244. The highest BCUT2D eigenvalue weighted by molar-refractivity contribution is 7.92. The summed E-state index contributed by atoms with van der Waals surface area (Å²) in [5.41, 5.74) is 5.88. The molecule has 0 spiro atoms. The largest absolute Gasteiger partial charge is 0.320 e. The number of rotatable bonds is 3. The summed E-state index contributed by atoms with van der Waals surface area (Å²) in [5, 5.41) is 3.98. The molecule has 2 rings (SSSR count). The number of hydrogen-bond acceptors (Lipinski definition) is 4. The molecule has 1 aromatic heterocycles. The summed E-state index contributed by atoms with van der Waals surface area (Å²) in [5.74, 6) is 5.81. The third-order valence-electron chi connectivity index (χ3n) is 2.62. The molecule has 3 N–H and O–H groups in total. The number of anilines is 1. The van der Waals surface area contributed by atoms with Gasteiger partial charge in [-0.05, 0) is 18.2 Å². The SMILES string of the molecule is Cn1nccc1NS(=O)(=O)c1ccc(C#CCN)cc1Cl. The molecule has 0 unspecified atom stereocenters. The number of nitrogens with two attached hydrogens (primary N) is 1. The normalized spacial score (nSPS) is 10.8. The zero-order valence-electron chi connectivity index (χ0n) is 11.2. The fourth-order valence-electron chi connectivity index (χ4n) is 1.62. The van der Waals surface area contributed by atoms with Crippen molar-refractivity contribution in [2.24, 2.45) is 12.8 Å². The van der Waals surface area contributed by atoms with Gasteiger partial charge in [-0.15, -0.1) is 0 Å². The fourth-order valence-corrected chi connectivity index (χ4v) is 3.25. The van der Waals surface area contributed by atoms with Crippen LogP contribution >= 0.6 is 11.6 Å². The molecule has 0 saturated carbocycles. The van der Waals surface area contributed by atoms with Crippen molar-refractivity contribution in [1.29, 1.82) is 0 Å². The van der Waals surface area contributed by atoms with E-state index >= 15 is 0 Å². The van der Waals surface area contributed by atoms with Gasteiger partial charge in [0.2, 0.25) is 0 Å². The third kappa shape index (κ3) is 3.55. The Morgan fingerprint density at radius 3 is 2.76 bits per heavy atom. The maximum Gasteiger partial charge on any atom is 0.264 e. The van der Waals surface area contributed by atoms with Crippen molar-refractivity contribution >= 4 is 27.4 Å². The molecule has 110 valence electrons. The Bertz CT molecular complexity index is 818. The predicted octanol–water partition coefficient (Wildman–Crippen LogP) is 1.18. The second-order valence-corrected chi connectivity index (χ2v) is 6.15. The van der Waals surface area contributed by atoms with E-state index in [1.807, 2.05) is 0 Å². The van der Waals surface area contributed by atoms with E-state index in [0.717, 1.165) is 0 Å². The van der Waals surface area contributed by atoms with Gasteiger partial charge < -0.3 is 5.73 Å². The molecule has 2 aromatic rings. The van der Waals surface area contributed by atoms with Crippen LogP contribution in [0.1, 0.15) is 5.56 Å². The number of nitrogens with one attached hydrogen (secondary N) is 1. The number of hydrogen-bond donors (Lipinski definition) is 2. The van der Waals surface area contributed by atoms with E-state index < -0.39 is 10.0 Å². The minimum absolute atomic E-state index is 0.0244. The average molecular weight is 325 g/mol. The van der Waals surface area contributed by atoms with Crippen molar-refractivity contribution in [1.82, 2.24) is 9.78 Å². The molecule has 1 aromatic carbocycles. The lowest BCUT2D eigenvalue weighted by molar-refractivity contribution is 0.600. The van der Waals surface area contributed by atoms with E-state index in [4.69, 9.17) is 17.3 Å². The minimum Gasteiger partial charge on any atom is -0.320 e. The monoisotopic (exact) mass is 324 g/mol. The molecule has 0 fully saturated rings. The average Bonchev–Trinajstić information content (AvgIpc) is 2.81. The van der Waals surface area contributed by atoms with Crippen molar-refractivity contribution in [3.05, 3.63) is 41.0 Å². The van der Waals surface area contributed by atoms with Crippen LogP contribution in [0.5, 0.6) is 0 Å². The number of benzene rings is 1. The van der Waals surface area contributed by atoms with Crippen LogP contribution in [0.15, 0.2) is 35.4 Å². The van der Waals surface area contributed by atoms with Crippen LogP contribution in [-0.4, -0.2) is 24.7 Å². The van der Waals surface area contributed by atoms with E-state index in [1.54, 1.807) is 19.2 Å². The first kappa shape index (κ1) is 15.4. The Hall–Kier alpha value is -2.01. The molecule has 0 saturated heterocycles. The van der Waals surface area contributed by atoms with Gasteiger partial charge in [0.25, 0.3) is 10.0 Å². The van der Waals surface area contributed by atoms with Gasteiger partial charge in [-0.1, -0.05) is 23.4 Å². The van der Waals surface area contributed by atoms with Crippen LogP contribution in [0.4, 0.5) is 5.82 Å². The van der Waals surface area contributed by atoms with Gasteiger partial charge in [0.05, 0.1) is 17.8 Å². The van der Waals surface area contributed by atoms with Crippen molar-refractivity contribution in [2.45, 2.75) is 4.90 Å². The zero-order valence-corrected chi connectivity index (χ0v) is 12.7. The molecule has 0 radical (unpaired) electrons. The maximum atomic E-state index is 12.3. The van der Waals surface area contributed by atoms with Crippen LogP contribution < -0.4 is 10.5 Å². The first-order valence-corrected chi connectivity index (χ1v) is 7.79. The van der Waals surface area contributed by atoms with Crippen molar-refractivity contribution in [3.8, 4) is 11.8 Å². The first-order chi connectivity index (χ1) is 9.94. The number of aromatic nitrogens is 2. The molecule has 0 atom stereocenters. The Balaban J connectivity index is 2.34. The summed E-state index contributed by atoms with van der Waals surface area (Å²) >= 11 is 6.03. The van der Waals surface area contributed by atoms with E-state index in [0.29, 0.717) is 11.4 Å². The highest BCUT2D eigenvalue weighted by Gasteiger charge is 2.19. The lowest BCUT2D eigenvalue weighted by Gasteiger charge is -2.09. The Morgan fingerprint density at radius 1 is 1.43 bits per heavy atom.